The van der Waals surface area contributed by atoms with E-state index in [9.17, 15) is 0 Å². The second-order valence-corrected chi connectivity index (χ2v) is 6.77. The van der Waals surface area contributed by atoms with Crippen LogP contribution in [0.2, 0.25) is 0 Å². The maximum Gasteiger partial charge on any atom is 0.118 e. The van der Waals surface area contributed by atoms with Gasteiger partial charge in [0.1, 0.15) is 11.5 Å². The van der Waals surface area contributed by atoms with Crippen LogP contribution in [0.5, 0.6) is 11.5 Å². The van der Waals surface area contributed by atoms with E-state index in [0.717, 1.165) is 36.5 Å². The summed E-state index contributed by atoms with van der Waals surface area (Å²) in [6.45, 7) is 5.16. The van der Waals surface area contributed by atoms with Gasteiger partial charge >= 0.3 is 0 Å². The van der Waals surface area contributed by atoms with Crippen LogP contribution < -0.4 is 9.47 Å². The lowest BCUT2D eigenvalue weighted by molar-refractivity contribution is 0.229. The quantitative estimate of drug-likeness (QED) is 0.576. The molecule has 1 unspecified atom stereocenters. The van der Waals surface area contributed by atoms with Crippen molar-refractivity contribution in [1.82, 2.24) is 4.90 Å². The molecule has 0 amide bonds. The number of hydrogen-bond acceptors (Lipinski definition) is 3. The number of benzene rings is 2. The Hall–Kier alpha value is -1.52. The molecular formula is C20H26BrNO2. The summed E-state index contributed by atoms with van der Waals surface area (Å²) in [6, 6.07) is 16.6. The monoisotopic (exact) mass is 391 g/mol. The van der Waals surface area contributed by atoms with Gasteiger partial charge < -0.3 is 9.47 Å². The molecule has 0 aromatic heterocycles. The van der Waals surface area contributed by atoms with E-state index in [2.05, 4.69) is 52.0 Å². The maximum atomic E-state index is 5.24. The van der Waals surface area contributed by atoms with E-state index in [1.54, 1.807) is 14.2 Å². The lowest BCUT2D eigenvalue weighted by Gasteiger charge is -2.25. The van der Waals surface area contributed by atoms with Crippen molar-refractivity contribution in [3.63, 3.8) is 0 Å². The van der Waals surface area contributed by atoms with Gasteiger partial charge in [-0.2, -0.15) is 0 Å². The summed E-state index contributed by atoms with van der Waals surface area (Å²) in [5.74, 6) is 2.39. The van der Waals surface area contributed by atoms with Crippen LogP contribution in [0.1, 0.15) is 18.1 Å². The Morgan fingerprint density at radius 2 is 1.25 bits per heavy atom. The van der Waals surface area contributed by atoms with E-state index in [-0.39, 0.29) is 0 Å². The molecule has 0 saturated heterocycles. The van der Waals surface area contributed by atoms with Gasteiger partial charge in [-0.25, -0.2) is 0 Å². The first kappa shape index (κ1) is 18.8. The standard InChI is InChI=1S/C20H26BrNO2/c1-16(12-21)13-22(14-17-4-8-19(23-2)9-5-17)15-18-6-10-20(24-3)11-7-18/h4-11,16H,12-15H2,1-3H3. The van der Waals surface area contributed by atoms with E-state index in [0.29, 0.717) is 5.92 Å². The number of nitrogens with zero attached hydrogens (tertiary/aromatic N) is 1. The zero-order chi connectivity index (χ0) is 17.4. The average Bonchev–Trinajstić information content (AvgIpc) is 2.62. The van der Waals surface area contributed by atoms with Crippen LogP contribution in [0.3, 0.4) is 0 Å². The largest absolute Gasteiger partial charge is 0.497 e. The molecule has 2 aromatic carbocycles. The second-order valence-electron chi connectivity index (χ2n) is 6.13. The Balaban J connectivity index is 2.07. The van der Waals surface area contributed by atoms with Crippen LogP contribution in [-0.4, -0.2) is 31.0 Å². The van der Waals surface area contributed by atoms with E-state index in [1.165, 1.54) is 11.1 Å². The summed E-state index contributed by atoms with van der Waals surface area (Å²) in [6.07, 6.45) is 0. The van der Waals surface area contributed by atoms with Crippen molar-refractivity contribution in [1.29, 1.82) is 0 Å². The molecule has 0 fully saturated rings. The maximum absolute atomic E-state index is 5.24. The second kappa shape index (κ2) is 9.70. The van der Waals surface area contributed by atoms with Crippen LogP contribution in [0, 0.1) is 5.92 Å². The molecule has 130 valence electrons. The predicted molar refractivity (Wildman–Crippen MR) is 103 cm³/mol. The third-order valence-corrected chi connectivity index (χ3v) is 5.07. The average molecular weight is 392 g/mol. The van der Waals surface area contributed by atoms with Gasteiger partial charge in [0, 0.05) is 25.0 Å². The Kier molecular flexibility index (Phi) is 7.60. The van der Waals surface area contributed by atoms with Gasteiger partial charge in [0.15, 0.2) is 0 Å². The molecule has 3 nitrogen and oxygen atoms in total. The Labute approximate surface area is 153 Å². The first-order chi connectivity index (χ1) is 11.6. The molecule has 0 radical (unpaired) electrons. The fourth-order valence-corrected chi connectivity index (χ4v) is 2.86. The molecular weight excluding hydrogens is 366 g/mol. The fourth-order valence-electron chi connectivity index (χ4n) is 2.65. The van der Waals surface area contributed by atoms with Gasteiger partial charge in [-0.05, 0) is 41.3 Å². The summed E-state index contributed by atoms with van der Waals surface area (Å²) in [7, 11) is 3.39. The molecule has 0 N–H and O–H groups in total. The molecule has 0 saturated carbocycles. The van der Waals surface area contributed by atoms with Crippen molar-refractivity contribution in [2.45, 2.75) is 20.0 Å². The van der Waals surface area contributed by atoms with Crippen molar-refractivity contribution >= 4 is 15.9 Å². The smallest absolute Gasteiger partial charge is 0.118 e. The van der Waals surface area contributed by atoms with Crippen molar-refractivity contribution < 1.29 is 9.47 Å². The minimum absolute atomic E-state index is 0.599. The molecule has 2 aromatic rings. The summed E-state index contributed by atoms with van der Waals surface area (Å²) >= 11 is 3.59. The van der Waals surface area contributed by atoms with Gasteiger partial charge in [-0.15, -0.1) is 0 Å². The van der Waals surface area contributed by atoms with Crippen molar-refractivity contribution in [2.75, 3.05) is 26.1 Å². The van der Waals surface area contributed by atoms with E-state index in [4.69, 9.17) is 9.47 Å². The molecule has 0 heterocycles. The first-order valence-corrected chi connectivity index (χ1v) is 9.31. The van der Waals surface area contributed by atoms with Gasteiger partial charge in [0.25, 0.3) is 0 Å². The normalized spacial score (nSPS) is 12.2. The lowest BCUT2D eigenvalue weighted by Crippen LogP contribution is -2.28. The Morgan fingerprint density at radius 1 is 0.833 bits per heavy atom. The summed E-state index contributed by atoms with van der Waals surface area (Å²) in [4.78, 5) is 2.48. The molecule has 0 aliphatic heterocycles. The van der Waals surface area contributed by atoms with Crippen molar-refractivity contribution in [3.05, 3.63) is 59.7 Å². The molecule has 0 aliphatic carbocycles. The zero-order valence-electron chi connectivity index (χ0n) is 14.7. The number of halogens is 1. The van der Waals surface area contributed by atoms with Gasteiger partial charge in [0.05, 0.1) is 14.2 Å². The molecule has 24 heavy (non-hydrogen) atoms. The van der Waals surface area contributed by atoms with Crippen LogP contribution in [0.25, 0.3) is 0 Å². The highest BCUT2D eigenvalue weighted by molar-refractivity contribution is 9.09. The zero-order valence-corrected chi connectivity index (χ0v) is 16.3. The molecule has 1 atom stereocenters. The third-order valence-electron chi connectivity index (χ3n) is 3.96. The molecule has 0 spiro atoms. The molecule has 2 rings (SSSR count). The number of hydrogen-bond donors (Lipinski definition) is 0. The molecule has 4 heteroatoms. The van der Waals surface area contributed by atoms with Gasteiger partial charge in [-0.3, -0.25) is 4.90 Å². The number of rotatable bonds is 9. The summed E-state index contributed by atoms with van der Waals surface area (Å²) < 4.78 is 10.5. The highest BCUT2D eigenvalue weighted by atomic mass is 79.9. The van der Waals surface area contributed by atoms with Crippen LogP contribution in [0.15, 0.2) is 48.5 Å². The van der Waals surface area contributed by atoms with Gasteiger partial charge in [-0.1, -0.05) is 47.1 Å². The third kappa shape index (κ3) is 5.84. The van der Waals surface area contributed by atoms with Crippen LogP contribution in [0.4, 0.5) is 0 Å². The topological polar surface area (TPSA) is 21.7 Å². The molecule has 0 bridgehead atoms. The highest BCUT2D eigenvalue weighted by Crippen LogP contribution is 2.18. The van der Waals surface area contributed by atoms with Gasteiger partial charge in [0.2, 0.25) is 0 Å². The minimum atomic E-state index is 0.599. The van der Waals surface area contributed by atoms with E-state index >= 15 is 0 Å². The lowest BCUT2D eigenvalue weighted by atomic mass is 10.1. The number of methoxy groups -OCH3 is 2. The SMILES string of the molecule is COc1ccc(CN(Cc2ccc(OC)cc2)CC(C)CBr)cc1. The van der Waals surface area contributed by atoms with Crippen LogP contribution >= 0.6 is 15.9 Å². The van der Waals surface area contributed by atoms with E-state index < -0.39 is 0 Å². The van der Waals surface area contributed by atoms with Crippen LogP contribution in [-0.2, 0) is 13.1 Å². The summed E-state index contributed by atoms with van der Waals surface area (Å²) in [5.41, 5.74) is 2.59. The highest BCUT2D eigenvalue weighted by Gasteiger charge is 2.11. The number of ether oxygens (including phenoxy) is 2. The first-order valence-electron chi connectivity index (χ1n) is 8.18. The van der Waals surface area contributed by atoms with Crippen molar-refractivity contribution in [2.24, 2.45) is 5.92 Å². The summed E-state index contributed by atoms with van der Waals surface area (Å²) in [5, 5.41) is 1.01. The number of alkyl halides is 1. The minimum Gasteiger partial charge on any atom is -0.497 e. The fraction of sp³-hybridized carbons (Fsp3) is 0.400. The van der Waals surface area contributed by atoms with E-state index in [1.807, 2.05) is 24.3 Å². The predicted octanol–water partition coefficient (Wildman–Crippen LogP) is 4.74. The van der Waals surface area contributed by atoms with Crippen molar-refractivity contribution in [3.8, 4) is 11.5 Å². The molecule has 0 aliphatic rings. The Morgan fingerprint density at radius 3 is 1.58 bits per heavy atom. The Bertz CT molecular complexity index is 549.